The summed E-state index contributed by atoms with van der Waals surface area (Å²) < 4.78 is 52.1. The Hall–Kier alpha value is -3.27. The molecule has 0 amide bonds. The van der Waals surface area contributed by atoms with Gasteiger partial charge in [-0.25, -0.2) is 0 Å². The molecule has 0 aliphatic carbocycles. The fourth-order valence-electron chi connectivity index (χ4n) is 3.19. The van der Waals surface area contributed by atoms with Gasteiger partial charge in [0.1, 0.15) is 11.5 Å². The Labute approximate surface area is 186 Å². The van der Waals surface area contributed by atoms with E-state index in [1.165, 1.54) is 17.8 Å². The molecular formula is C22H19F3N4O2S. The monoisotopic (exact) mass is 460 g/mol. The smallest absolute Gasteiger partial charge is 0.416 e. The molecular weight excluding hydrogens is 441 g/mol. The van der Waals surface area contributed by atoms with Crippen molar-refractivity contribution in [3.63, 3.8) is 0 Å². The normalized spacial score (nSPS) is 11.7. The molecule has 0 bridgehead atoms. The van der Waals surface area contributed by atoms with E-state index in [2.05, 4.69) is 15.4 Å². The third-order valence-electron chi connectivity index (χ3n) is 4.94. The maximum atomic E-state index is 13.4. The molecule has 0 fully saturated rings. The van der Waals surface area contributed by atoms with Crippen LogP contribution in [0.3, 0.4) is 0 Å². The van der Waals surface area contributed by atoms with Crippen molar-refractivity contribution in [3.05, 3.63) is 71.1 Å². The summed E-state index contributed by atoms with van der Waals surface area (Å²) in [4.78, 5) is 0. The number of ether oxygens (including phenoxy) is 1. The van der Waals surface area contributed by atoms with Crippen LogP contribution in [0.1, 0.15) is 22.6 Å². The molecule has 166 valence electrons. The molecule has 10 heteroatoms. The van der Waals surface area contributed by atoms with Crippen molar-refractivity contribution in [2.24, 2.45) is 0 Å². The van der Waals surface area contributed by atoms with Crippen LogP contribution in [0.5, 0.6) is 5.75 Å². The van der Waals surface area contributed by atoms with Gasteiger partial charge in [-0.05, 0) is 56.3 Å². The Morgan fingerprint density at radius 1 is 1.06 bits per heavy atom. The van der Waals surface area contributed by atoms with Crippen molar-refractivity contribution in [1.29, 1.82) is 0 Å². The first-order chi connectivity index (χ1) is 15.3. The number of alkyl halides is 3. The van der Waals surface area contributed by atoms with E-state index in [-0.39, 0.29) is 0 Å². The van der Waals surface area contributed by atoms with Crippen LogP contribution in [0.25, 0.3) is 17.1 Å². The SMILES string of the molecule is COc1ccc(-c2nnc(SCc3c(C)noc3C)n2-c2cccc(C(F)(F)F)c2)cc1. The number of benzene rings is 2. The zero-order chi connectivity index (χ0) is 22.9. The highest BCUT2D eigenvalue weighted by molar-refractivity contribution is 7.98. The zero-order valence-corrected chi connectivity index (χ0v) is 18.3. The number of nitrogens with zero attached hydrogens (tertiary/aromatic N) is 4. The van der Waals surface area contributed by atoms with Crippen LogP contribution in [0.2, 0.25) is 0 Å². The van der Waals surface area contributed by atoms with Crippen molar-refractivity contribution in [3.8, 4) is 22.8 Å². The topological polar surface area (TPSA) is 66.0 Å². The van der Waals surface area contributed by atoms with Gasteiger partial charge in [-0.1, -0.05) is 23.0 Å². The Morgan fingerprint density at radius 2 is 1.81 bits per heavy atom. The third kappa shape index (κ3) is 4.36. The molecule has 6 nitrogen and oxygen atoms in total. The summed E-state index contributed by atoms with van der Waals surface area (Å²) in [6.45, 7) is 3.66. The molecule has 0 saturated carbocycles. The van der Waals surface area contributed by atoms with Gasteiger partial charge in [0.2, 0.25) is 0 Å². The number of rotatable bonds is 6. The van der Waals surface area contributed by atoms with E-state index in [0.717, 1.165) is 23.4 Å². The van der Waals surface area contributed by atoms with Gasteiger partial charge in [-0.2, -0.15) is 13.2 Å². The maximum absolute atomic E-state index is 13.4. The first-order valence-corrected chi connectivity index (χ1v) is 10.6. The van der Waals surface area contributed by atoms with E-state index in [9.17, 15) is 13.2 Å². The van der Waals surface area contributed by atoms with Crippen molar-refractivity contribution >= 4 is 11.8 Å². The Morgan fingerprint density at radius 3 is 2.44 bits per heavy atom. The molecule has 0 aliphatic heterocycles. The maximum Gasteiger partial charge on any atom is 0.416 e. The summed E-state index contributed by atoms with van der Waals surface area (Å²) in [7, 11) is 1.56. The number of thioether (sulfide) groups is 1. The molecule has 4 aromatic rings. The predicted octanol–water partition coefficient (Wildman–Crippen LogP) is 5.86. The van der Waals surface area contributed by atoms with Crippen LogP contribution in [-0.2, 0) is 11.9 Å². The van der Waals surface area contributed by atoms with Crippen molar-refractivity contribution in [1.82, 2.24) is 19.9 Å². The average Bonchev–Trinajstić information content (AvgIpc) is 3.34. The minimum atomic E-state index is -4.46. The number of aryl methyl sites for hydroxylation is 2. The highest BCUT2D eigenvalue weighted by Crippen LogP contribution is 2.35. The summed E-state index contributed by atoms with van der Waals surface area (Å²) in [5.74, 6) is 2.26. The molecule has 0 spiro atoms. The number of hydrogen-bond donors (Lipinski definition) is 0. The lowest BCUT2D eigenvalue weighted by Crippen LogP contribution is -2.07. The fraction of sp³-hybridized carbons (Fsp3) is 0.227. The Balaban J connectivity index is 1.79. The lowest BCUT2D eigenvalue weighted by molar-refractivity contribution is -0.137. The summed E-state index contributed by atoms with van der Waals surface area (Å²) >= 11 is 1.35. The van der Waals surface area contributed by atoms with Crippen LogP contribution in [0.15, 0.2) is 58.2 Å². The number of methoxy groups -OCH3 is 1. The standard InChI is InChI=1S/C22H19F3N4O2S/c1-13-19(14(2)31-28-13)12-32-21-27-26-20(15-7-9-18(30-3)10-8-15)29(21)17-6-4-5-16(11-17)22(23,24)25/h4-11H,12H2,1-3H3. The van der Waals surface area contributed by atoms with Gasteiger partial charge in [0.25, 0.3) is 0 Å². The van der Waals surface area contributed by atoms with Gasteiger partial charge in [-0.3, -0.25) is 4.57 Å². The summed E-state index contributed by atoms with van der Waals surface area (Å²) in [5, 5.41) is 13.0. The van der Waals surface area contributed by atoms with E-state index in [4.69, 9.17) is 9.26 Å². The van der Waals surface area contributed by atoms with Crippen LogP contribution in [0, 0.1) is 13.8 Å². The highest BCUT2D eigenvalue weighted by atomic mass is 32.2. The van der Waals surface area contributed by atoms with Gasteiger partial charge in [0.15, 0.2) is 11.0 Å². The summed E-state index contributed by atoms with van der Waals surface area (Å²) in [5.41, 5.74) is 1.94. The second-order valence-electron chi connectivity index (χ2n) is 7.01. The molecule has 0 unspecified atom stereocenters. The van der Waals surface area contributed by atoms with Crippen molar-refractivity contribution in [2.45, 2.75) is 30.9 Å². The van der Waals surface area contributed by atoms with E-state index in [1.807, 2.05) is 13.8 Å². The average molecular weight is 460 g/mol. The largest absolute Gasteiger partial charge is 0.497 e. The molecule has 4 rings (SSSR count). The second-order valence-corrected chi connectivity index (χ2v) is 7.95. The number of hydrogen-bond acceptors (Lipinski definition) is 6. The third-order valence-corrected chi connectivity index (χ3v) is 5.90. The second kappa shape index (κ2) is 8.70. The van der Waals surface area contributed by atoms with Gasteiger partial charge in [0, 0.05) is 16.9 Å². The fourth-order valence-corrected chi connectivity index (χ4v) is 4.29. The summed E-state index contributed by atoms with van der Waals surface area (Å²) in [6, 6.07) is 12.2. The van der Waals surface area contributed by atoms with Gasteiger partial charge >= 0.3 is 6.18 Å². The molecule has 0 aliphatic rings. The molecule has 2 aromatic heterocycles. The first-order valence-electron chi connectivity index (χ1n) is 9.60. The van der Waals surface area contributed by atoms with Gasteiger partial charge < -0.3 is 9.26 Å². The lowest BCUT2D eigenvalue weighted by atomic mass is 10.1. The van der Waals surface area contributed by atoms with Crippen LogP contribution >= 0.6 is 11.8 Å². The minimum absolute atomic E-state index is 0.317. The molecule has 0 saturated heterocycles. The quantitative estimate of drug-likeness (QED) is 0.336. The number of halogens is 3. The predicted molar refractivity (Wildman–Crippen MR) is 114 cm³/mol. The van der Waals surface area contributed by atoms with E-state index in [0.29, 0.717) is 39.5 Å². The molecule has 32 heavy (non-hydrogen) atoms. The van der Waals surface area contributed by atoms with Gasteiger partial charge in [-0.15, -0.1) is 10.2 Å². The van der Waals surface area contributed by atoms with E-state index in [1.54, 1.807) is 42.0 Å². The molecule has 2 aromatic carbocycles. The minimum Gasteiger partial charge on any atom is -0.497 e. The van der Waals surface area contributed by atoms with E-state index < -0.39 is 11.7 Å². The van der Waals surface area contributed by atoms with Crippen molar-refractivity contribution < 1.29 is 22.4 Å². The number of aromatic nitrogens is 4. The first kappa shape index (κ1) is 21.9. The van der Waals surface area contributed by atoms with E-state index >= 15 is 0 Å². The Bertz CT molecular complexity index is 1210. The highest BCUT2D eigenvalue weighted by Gasteiger charge is 2.31. The molecule has 0 radical (unpaired) electrons. The Kier molecular flexibility index (Phi) is 5.96. The molecule has 2 heterocycles. The van der Waals surface area contributed by atoms with Crippen LogP contribution in [-0.4, -0.2) is 27.0 Å². The van der Waals surface area contributed by atoms with Crippen LogP contribution < -0.4 is 4.74 Å². The molecule has 0 N–H and O–H groups in total. The van der Waals surface area contributed by atoms with Crippen molar-refractivity contribution in [2.75, 3.05) is 7.11 Å². The lowest BCUT2D eigenvalue weighted by Gasteiger charge is -2.13. The zero-order valence-electron chi connectivity index (χ0n) is 17.5. The van der Waals surface area contributed by atoms with Crippen LogP contribution in [0.4, 0.5) is 13.2 Å². The van der Waals surface area contributed by atoms with Gasteiger partial charge in [0.05, 0.1) is 24.1 Å². The summed E-state index contributed by atoms with van der Waals surface area (Å²) in [6.07, 6.45) is -4.46. The molecule has 0 atom stereocenters.